The molecule has 0 amide bonds. The Morgan fingerprint density at radius 1 is 1.64 bits per heavy atom. The molecular weight excluding hydrogens is 208 g/mol. The van der Waals surface area contributed by atoms with Crippen LogP contribution in [0.1, 0.15) is 6.92 Å². The van der Waals surface area contributed by atoms with E-state index in [0.29, 0.717) is 19.6 Å². The summed E-state index contributed by atoms with van der Waals surface area (Å²) in [5.41, 5.74) is 0. The molecule has 0 saturated carbocycles. The molecule has 0 aromatic rings. The summed E-state index contributed by atoms with van der Waals surface area (Å²) in [7, 11) is -3.62. The Morgan fingerprint density at radius 2 is 2.29 bits per heavy atom. The molecule has 0 bridgehead atoms. The molecule has 2 N–H and O–H groups in total. The highest BCUT2D eigenvalue weighted by Crippen LogP contribution is 2.06. The van der Waals surface area contributed by atoms with E-state index in [4.69, 9.17) is 5.11 Å². The Bertz CT molecular complexity index is 314. The van der Waals surface area contributed by atoms with Crippen LogP contribution in [-0.2, 0) is 14.8 Å². The van der Waals surface area contributed by atoms with Crippen LogP contribution in [0, 0.1) is 0 Å². The van der Waals surface area contributed by atoms with Gasteiger partial charge < -0.3 is 10.4 Å². The summed E-state index contributed by atoms with van der Waals surface area (Å²) in [6.07, 6.45) is 0. The Labute approximate surface area is 82.9 Å². The van der Waals surface area contributed by atoms with Crippen molar-refractivity contribution in [1.82, 2.24) is 9.62 Å². The second-order valence-corrected chi connectivity index (χ2v) is 5.33. The largest absolute Gasteiger partial charge is 0.480 e. The van der Waals surface area contributed by atoms with Crippen LogP contribution in [-0.4, -0.2) is 55.2 Å². The van der Waals surface area contributed by atoms with Crippen LogP contribution in [0.2, 0.25) is 0 Å². The first-order chi connectivity index (χ1) is 6.42. The molecule has 1 aliphatic rings. The van der Waals surface area contributed by atoms with Crippen molar-refractivity contribution >= 4 is 16.0 Å². The lowest BCUT2D eigenvalue weighted by molar-refractivity contribution is -0.134. The van der Waals surface area contributed by atoms with Crippen LogP contribution in [0.3, 0.4) is 0 Å². The number of nitrogens with one attached hydrogen (secondary N) is 1. The summed E-state index contributed by atoms with van der Waals surface area (Å²) in [6.45, 7) is 3.12. The average molecular weight is 222 g/mol. The van der Waals surface area contributed by atoms with E-state index in [9.17, 15) is 13.2 Å². The third-order valence-corrected chi connectivity index (χ3v) is 3.76. The monoisotopic (exact) mass is 222 g/mol. The van der Waals surface area contributed by atoms with Crippen molar-refractivity contribution in [3.63, 3.8) is 0 Å². The summed E-state index contributed by atoms with van der Waals surface area (Å²) >= 11 is 0. The highest BCUT2D eigenvalue weighted by molar-refractivity contribution is 7.89. The summed E-state index contributed by atoms with van der Waals surface area (Å²) in [4.78, 5) is 10.3. The molecule has 1 rings (SSSR count). The maximum absolute atomic E-state index is 11.5. The van der Waals surface area contributed by atoms with Crippen molar-refractivity contribution in [1.29, 1.82) is 0 Å². The predicted molar refractivity (Wildman–Crippen MR) is 50.5 cm³/mol. The van der Waals surface area contributed by atoms with Gasteiger partial charge in [0.1, 0.15) is 0 Å². The standard InChI is InChI=1S/C7H14N2O4S/c1-6-4-9(3-2-8-6)14(12,13)5-7(10)11/h6,8H,2-5H2,1H3,(H,10,11). The average Bonchev–Trinajstić information content (AvgIpc) is 2.01. The van der Waals surface area contributed by atoms with E-state index in [1.54, 1.807) is 0 Å². The first-order valence-electron chi connectivity index (χ1n) is 4.35. The smallest absolute Gasteiger partial charge is 0.320 e. The van der Waals surface area contributed by atoms with E-state index in [2.05, 4.69) is 5.32 Å². The zero-order valence-corrected chi connectivity index (χ0v) is 8.75. The molecule has 0 aliphatic carbocycles. The number of carboxylic acid groups (broad SMARTS) is 1. The second kappa shape index (κ2) is 4.24. The Hall–Kier alpha value is -0.660. The molecule has 1 aliphatic heterocycles. The highest BCUT2D eigenvalue weighted by Gasteiger charge is 2.28. The maximum atomic E-state index is 11.5. The van der Waals surface area contributed by atoms with Gasteiger partial charge in [-0.15, -0.1) is 0 Å². The van der Waals surface area contributed by atoms with Crippen LogP contribution in [0.15, 0.2) is 0 Å². The molecule has 0 aromatic carbocycles. The van der Waals surface area contributed by atoms with Crippen LogP contribution >= 0.6 is 0 Å². The van der Waals surface area contributed by atoms with Gasteiger partial charge in [-0.25, -0.2) is 8.42 Å². The zero-order valence-electron chi connectivity index (χ0n) is 7.93. The van der Waals surface area contributed by atoms with E-state index in [1.165, 1.54) is 4.31 Å². The Kier molecular flexibility index (Phi) is 3.46. The van der Waals surface area contributed by atoms with Crippen LogP contribution in [0.5, 0.6) is 0 Å². The molecule has 1 heterocycles. The van der Waals surface area contributed by atoms with Gasteiger partial charge in [-0.1, -0.05) is 0 Å². The molecule has 1 unspecified atom stereocenters. The quantitative estimate of drug-likeness (QED) is 0.619. The van der Waals surface area contributed by atoms with E-state index in [0.717, 1.165) is 0 Å². The summed E-state index contributed by atoms with van der Waals surface area (Å²) in [5, 5.41) is 11.5. The summed E-state index contributed by atoms with van der Waals surface area (Å²) < 4.78 is 24.1. The van der Waals surface area contributed by atoms with Gasteiger partial charge in [0.05, 0.1) is 0 Å². The van der Waals surface area contributed by atoms with Crippen LogP contribution < -0.4 is 5.32 Å². The van der Waals surface area contributed by atoms with Gasteiger partial charge >= 0.3 is 5.97 Å². The predicted octanol–water partition coefficient (Wildman–Crippen LogP) is -1.31. The maximum Gasteiger partial charge on any atom is 0.320 e. The molecule has 82 valence electrons. The van der Waals surface area contributed by atoms with E-state index >= 15 is 0 Å². The molecule has 7 heteroatoms. The van der Waals surface area contributed by atoms with Gasteiger partial charge in [-0.3, -0.25) is 4.79 Å². The molecule has 14 heavy (non-hydrogen) atoms. The molecule has 1 saturated heterocycles. The van der Waals surface area contributed by atoms with Gasteiger partial charge in [-0.05, 0) is 6.92 Å². The van der Waals surface area contributed by atoms with Crippen molar-refractivity contribution in [2.24, 2.45) is 0 Å². The number of piperazine rings is 1. The van der Waals surface area contributed by atoms with E-state index in [-0.39, 0.29) is 6.04 Å². The van der Waals surface area contributed by atoms with Gasteiger partial charge in [-0.2, -0.15) is 4.31 Å². The topological polar surface area (TPSA) is 86.7 Å². The minimum atomic E-state index is -3.62. The molecule has 6 nitrogen and oxygen atoms in total. The molecule has 1 atom stereocenters. The number of sulfonamides is 1. The Balaban J connectivity index is 2.67. The fourth-order valence-corrected chi connectivity index (χ4v) is 2.71. The van der Waals surface area contributed by atoms with Crippen molar-refractivity contribution in [3.8, 4) is 0 Å². The third-order valence-electron chi connectivity index (χ3n) is 2.03. The fraction of sp³-hybridized carbons (Fsp3) is 0.857. The normalized spacial score (nSPS) is 24.8. The SMILES string of the molecule is CC1CN(S(=O)(=O)CC(=O)O)CCN1. The van der Waals surface area contributed by atoms with Gasteiger partial charge in [0.2, 0.25) is 10.0 Å². The van der Waals surface area contributed by atoms with Crippen molar-refractivity contribution in [2.45, 2.75) is 13.0 Å². The fourth-order valence-electron chi connectivity index (χ4n) is 1.40. The summed E-state index contributed by atoms with van der Waals surface area (Å²) in [5.74, 6) is -2.13. The third kappa shape index (κ3) is 2.93. The number of carbonyl (C=O) groups is 1. The minimum absolute atomic E-state index is 0.0762. The number of rotatable bonds is 3. The van der Waals surface area contributed by atoms with E-state index < -0.39 is 21.7 Å². The highest BCUT2D eigenvalue weighted by atomic mass is 32.2. The summed E-state index contributed by atoms with van der Waals surface area (Å²) in [6, 6.07) is 0.0762. The number of hydrogen-bond donors (Lipinski definition) is 2. The van der Waals surface area contributed by atoms with Crippen LogP contribution in [0.25, 0.3) is 0 Å². The molecule has 0 radical (unpaired) electrons. The molecular formula is C7H14N2O4S. The van der Waals surface area contributed by atoms with Gasteiger partial charge in [0, 0.05) is 25.7 Å². The van der Waals surface area contributed by atoms with Crippen LogP contribution in [0.4, 0.5) is 0 Å². The molecule has 1 fully saturated rings. The Morgan fingerprint density at radius 3 is 2.79 bits per heavy atom. The number of aliphatic carboxylic acids is 1. The van der Waals surface area contributed by atoms with E-state index in [1.807, 2.05) is 6.92 Å². The lowest BCUT2D eigenvalue weighted by Gasteiger charge is -2.30. The van der Waals surface area contributed by atoms with Gasteiger partial charge in [0.25, 0.3) is 0 Å². The number of hydrogen-bond acceptors (Lipinski definition) is 4. The number of carboxylic acids is 1. The lowest BCUT2D eigenvalue weighted by Crippen LogP contribution is -2.52. The van der Waals surface area contributed by atoms with Gasteiger partial charge in [0.15, 0.2) is 5.75 Å². The minimum Gasteiger partial charge on any atom is -0.480 e. The van der Waals surface area contributed by atoms with Crippen molar-refractivity contribution in [2.75, 3.05) is 25.4 Å². The van der Waals surface area contributed by atoms with Crippen molar-refractivity contribution in [3.05, 3.63) is 0 Å². The second-order valence-electron chi connectivity index (χ2n) is 3.36. The van der Waals surface area contributed by atoms with Crippen molar-refractivity contribution < 1.29 is 18.3 Å². The molecule has 0 aromatic heterocycles. The lowest BCUT2D eigenvalue weighted by atomic mass is 10.3. The zero-order chi connectivity index (χ0) is 10.8. The molecule has 0 spiro atoms. The first-order valence-corrected chi connectivity index (χ1v) is 5.96. The first kappa shape index (κ1) is 11.4. The number of nitrogens with zero attached hydrogens (tertiary/aromatic N) is 1.